The molecule has 1 amide bonds. The Kier molecular flexibility index (Phi) is 5.91. The van der Waals surface area contributed by atoms with Crippen LogP contribution in [0.15, 0.2) is 84.4 Å². The molecule has 0 bridgehead atoms. The molecule has 166 valence electrons. The van der Waals surface area contributed by atoms with Gasteiger partial charge in [0.2, 0.25) is 0 Å². The lowest BCUT2D eigenvalue weighted by Gasteiger charge is -2.25. The van der Waals surface area contributed by atoms with Gasteiger partial charge in [-0.05, 0) is 35.4 Å². The molecule has 0 saturated carbocycles. The quantitative estimate of drug-likeness (QED) is 0.200. The van der Waals surface area contributed by atoms with Gasteiger partial charge in [-0.1, -0.05) is 42.5 Å². The third-order valence-electron chi connectivity index (χ3n) is 5.52. The van der Waals surface area contributed by atoms with Gasteiger partial charge in [0.05, 0.1) is 23.6 Å². The Balaban J connectivity index is 1.83. The minimum absolute atomic E-state index is 0.0741. The van der Waals surface area contributed by atoms with Crippen LogP contribution < -0.4 is 4.74 Å². The number of likely N-dealkylation sites (tertiary alicyclic amines) is 1. The highest BCUT2D eigenvalue weighted by atomic mass is 16.6. The lowest BCUT2D eigenvalue weighted by Crippen LogP contribution is -2.29. The molecule has 1 aliphatic heterocycles. The number of benzene rings is 3. The number of rotatable bonds is 6. The number of ether oxygens (including phenoxy) is 1. The Bertz CT molecular complexity index is 1230. The molecule has 1 fully saturated rings. The van der Waals surface area contributed by atoms with E-state index in [1.807, 2.05) is 30.3 Å². The summed E-state index contributed by atoms with van der Waals surface area (Å²) >= 11 is 0. The van der Waals surface area contributed by atoms with Crippen LogP contribution in [0.3, 0.4) is 0 Å². The van der Waals surface area contributed by atoms with E-state index in [2.05, 4.69) is 0 Å². The Labute approximate surface area is 189 Å². The molecular formula is C25H20N2O6. The average Bonchev–Trinajstić information content (AvgIpc) is 3.09. The fourth-order valence-electron chi connectivity index (χ4n) is 3.85. The maximum Gasteiger partial charge on any atom is 0.295 e. The van der Waals surface area contributed by atoms with Gasteiger partial charge < -0.3 is 14.7 Å². The fourth-order valence-corrected chi connectivity index (χ4v) is 3.85. The number of methoxy groups -OCH3 is 1. The summed E-state index contributed by atoms with van der Waals surface area (Å²) in [6.07, 6.45) is 0. The second kappa shape index (κ2) is 8.96. The largest absolute Gasteiger partial charge is 0.507 e. The highest BCUT2D eigenvalue weighted by Crippen LogP contribution is 2.40. The number of hydrogen-bond acceptors (Lipinski definition) is 6. The molecule has 8 nitrogen and oxygen atoms in total. The molecule has 1 atom stereocenters. The highest BCUT2D eigenvalue weighted by Gasteiger charge is 2.46. The van der Waals surface area contributed by atoms with Crippen LogP contribution in [0.4, 0.5) is 5.69 Å². The molecule has 8 heteroatoms. The van der Waals surface area contributed by atoms with Crippen molar-refractivity contribution in [2.75, 3.05) is 7.11 Å². The minimum atomic E-state index is -0.841. The molecule has 1 aliphatic rings. The summed E-state index contributed by atoms with van der Waals surface area (Å²) in [7, 11) is 1.53. The zero-order chi connectivity index (χ0) is 23.5. The van der Waals surface area contributed by atoms with Gasteiger partial charge in [-0.25, -0.2) is 0 Å². The van der Waals surface area contributed by atoms with E-state index in [1.165, 1.54) is 36.3 Å². The maximum absolute atomic E-state index is 13.1. The zero-order valence-electron chi connectivity index (χ0n) is 17.7. The summed E-state index contributed by atoms with van der Waals surface area (Å²) in [5.74, 6) is -1.33. The van der Waals surface area contributed by atoms with Crippen LogP contribution in [-0.2, 0) is 16.1 Å². The molecule has 0 radical (unpaired) electrons. The van der Waals surface area contributed by atoms with Crippen LogP contribution in [0.2, 0.25) is 0 Å². The van der Waals surface area contributed by atoms with Gasteiger partial charge in [-0.15, -0.1) is 0 Å². The van der Waals surface area contributed by atoms with E-state index in [1.54, 1.807) is 24.3 Å². The summed E-state index contributed by atoms with van der Waals surface area (Å²) in [4.78, 5) is 37.9. The molecule has 0 spiro atoms. The van der Waals surface area contributed by atoms with E-state index in [-0.39, 0.29) is 29.1 Å². The number of nitrogens with zero attached hydrogens (tertiary/aromatic N) is 2. The molecule has 0 aromatic heterocycles. The first kappa shape index (κ1) is 21.8. The second-order valence-corrected chi connectivity index (χ2v) is 7.49. The number of Topliss-reactive ketones (excluding diaryl/α,β-unsaturated/α-hetero) is 1. The SMILES string of the molecule is COc1ccc([C@H]2C(=C(O)c3ccc([N+](=O)[O-])cc3)C(=O)C(=O)N2Cc2ccccc2)cc1. The summed E-state index contributed by atoms with van der Waals surface area (Å²) < 4.78 is 5.21. The monoisotopic (exact) mass is 444 g/mol. The highest BCUT2D eigenvalue weighted by molar-refractivity contribution is 6.46. The predicted molar refractivity (Wildman–Crippen MR) is 120 cm³/mol. The lowest BCUT2D eigenvalue weighted by atomic mass is 9.95. The minimum Gasteiger partial charge on any atom is -0.507 e. The van der Waals surface area contributed by atoms with Gasteiger partial charge in [0.15, 0.2) is 0 Å². The number of carbonyl (C=O) groups excluding carboxylic acids is 2. The summed E-state index contributed by atoms with van der Waals surface area (Å²) in [6, 6.07) is 20.4. The van der Waals surface area contributed by atoms with E-state index < -0.39 is 22.7 Å². The van der Waals surface area contributed by atoms with E-state index in [0.717, 1.165) is 5.56 Å². The third kappa shape index (κ3) is 4.18. The van der Waals surface area contributed by atoms with Gasteiger partial charge in [0.25, 0.3) is 17.4 Å². The van der Waals surface area contributed by atoms with Crippen molar-refractivity contribution in [3.63, 3.8) is 0 Å². The number of aliphatic hydroxyl groups is 1. The molecule has 1 N–H and O–H groups in total. The van der Waals surface area contributed by atoms with Crippen LogP contribution >= 0.6 is 0 Å². The first-order valence-electron chi connectivity index (χ1n) is 10.1. The molecule has 1 heterocycles. The van der Waals surface area contributed by atoms with Crippen molar-refractivity contribution in [1.29, 1.82) is 0 Å². The van der Waals surface area contributed by atoms with Gasteiger partial charge in [-0.3, -0.25) is 19.7 Å². The van der Waals surface area contributed by atoms with Crippen LogP contribution in [0.5, 0.6) is 5.75 Å². The Morgan fingerprint density at radius 3 is 2.21 bits per heavy atom. The third-order valence-corrected chi connectivity index (χ3v) is 5.52. The van der Waals surface area contributed by atoms with Crippen molar-refractivity contribution in [3.8, 4) is 5.75 Å². The molecule has 3 aromatic carbocycles. The number of carbonyl (C=O) groups is 2. The Morgan fingerprint density at radius 2 is 1.64 bits per heavy atom. The second-order valence-electron chi connectivity index (χ2n) is 7.49. The molecular weight excluding hydrogens is 424 g/mol. The van der Waals surface area contributed by atoms with Crippen molar-refractivity contribution < 1.29 is 24.4 Å². The summed E-state index contributed by atoms with van der Waals surface area (Å²) in [5.41, 5.74) is 1.43. The van der Waals surface area contributed by atoms with E-state index >= 15 is 0 Å². The molecule has 33 heavy (non-hydrogen) atoms. The average molecular weight is 444 g/mol. The topological polar surface area (TPSA) is 110 Å². The number of nitro benzene ring substituents is 1. The van der Waals surface area contributed by atoms with Gasteiger partial charge >= 0.3 is 0 Å². The number of nitro groups is 1. The predicted octanol–water partition coefficient (Wildman–Crippen LogP) is 4.23. The van der Waals surface area contributed by atoms with Crippen LogP contribution in [-0.4, -0.2) is 33.7 Å². The smallest absolute Gasteiger partial charge is 0.295 e. The van der Waals surface area contributed by atoms with Crippen molar-refractivity contribution in [1.82, 2.24) is 4.90 Å². The van der Waals surface area contributed by atoms with Gasteiger partial charge in [0.1, 0.15) is 11.5 Å². The Hall–Kier alpha value is -4.46. The number of ketones is 1. The number of hydrogen-bond donors (Lipinski definition) is 1. The lowest BCUT2D eigenvalue weighted by molar-refractivity contribution is -0.384. The first-order chi connectivity index (χ1) is 15.9. The van der Waals surface area contributed by atoms with Crippen molar-refractivity contribution >= 4 is 23.1 Å². The van der Waals surface area contributed by atoms with Crippen molar-refractivity contribution in [3.05, 3.63) is 111 Å². The maximum atomic E-state index is 13.1. The number of non-ortho nitro benzene ring substituents is 1. The number of amides is 1. The van der Waals surface area contributed by atoms with Crippen LogP contribution in [0, 0.1) is 10.1 Å². The summed E-state index contributed by atoms with van der Waals surface area (Å²) in [6.45, 7) is 0.166. The zero-order valence-corrected chi connectivity index (χ0v) is 17.7. The molecule has 0 aliphatic carbocycles. The molecule has 1 saturated heterocycles. The van der Waals surface area contributed by atoms with Gasteiger partial charge in [0, 0.05) is 24.2 Å². The Morgan fingerprint density at radius 1 is 1.00 bits per heavy atom. The number of aliphatic hydroxyl groups excluding tert-OH is 1. The van der Waals surface area contributed by atoms with E-state index in [4.69, 9.17) is 4.74 Å². The van der Waals surface area contributed by atoms with Crippen molar-refractivity contribution in [2.24, 2.45) is 0 Å². The molecule has 0 unspecified atom stereocenters. The standard InChI is InChI=1S/C25H20N2O6/c1-33-20-13-9-17(10-14-20)22-21(23(28)18-7-11-19(12-8-18)27(31)32)24(29)25(30)26(22)15-16-5-3-2-4-6-16/h2-14,22,28H,15H2,1H3/t22-/m0/s1. The fraction of sp³-hybridized carbons (Fsp3) is 0.120. The van der Waals surface area contributed by atoms with Gasteiger partial charge in [-0.2, -0.15) is 0 Å². The summed E-state index contributed by atoms with van der Waals surface area (Å²) in [5, 5.41) is 22.0. The molecule has 4 rings (SSSR count). The normalized spacial score (nSPS) is 17.2. The molecule has 3 aromatic rings. The van der Waals surface area contributed by atoms with Crippen molar-refractivity contribution in [2.45, 2.75) is 12.6 Å². The van der Waals surface area contributed by atoms with Crippen LogP contribution in [0.1, 0.15) is 22.7 Å². The van der Waals surface area contributed by atoms with E-state index in [0.29, 0.717) is 11.3 Å². The van der Waals surface area contributed by atoms with E-state index in [9.17, 15) is 24.8 Å². The van der Waals surface area contributed by atoms with Crippen LogP contribution in [0.25, 0.3) is 5.76 Å². The first-order valence-corrected chi connectivity index (χ1v) is 10.1.